The topological polar surface area (TPSA) is 72.4 Å². The van der Waals surface area contributed by atoms with E-state index in [2.05, 4.69) is 10.3 Å². The zero-order valence-electron chi connectivity index (χ0n) is 14.4. The predicted molar refractivity (Wildman–Crippen MR) is 97.4 cm³/mol. The number of aliphatic imine (C=N–C) groups is 1. The van der Waals surface area contributed by atoms with Crippen LogP contribution in [0, 0.1) is 0 Å². The van der Waals surface area contributed by atoms with Crippen LogP contribution in [0.4, 0.5) is 5.69 Å². The second-order valence-electron chi connectivity index (χ2n) is 5.80. The van der Waals surface area contributed by atoms with Crippen molar-refractivity contribution in [3.05, 3.63) is 53.7 Å². The molecule has 2 aromatic carbocycles. The molecular formula is C19H17N3O4. The van der Waals surface area contributed by atoms with Crippen molar-refractivity contribution in [3.63, 3.8) is 0 Å². The van der Waals surface area contributed by atoms with E-state index in [1.807, 2.05) is 42.5 Å². The van der Waals surface area contributed by atoms with Gasteiger partial charge in [0.1, 0.15) is 11.4 Å². The van der Waals surface area contributed by atoms with Crippen LogP contribution in [0.3, 0.4) is 0 Å². The number of carbonyl (C=O) groups is 1. The third-order valence-electron chi connectivity index (χ3n) is 4.11. The number of hydrogen-bond donors (Lipinski definition) is 1. The lowest BCUT2D eigenvalue weighted by molar-refractivity contribution is -0.121. The van der Waals surface area contributed by atoms with Gasteiger partial charge in [0.25, 0.3) is 5.91 Å². The van der Waals surface area contributed by atoms with Crippen molar-refractivity contribution in [1.29, 1.82) is 0 Å². The van der Waals surface area contributed by atoms with E-state index in [0.717, 1.165) is 17.0 Å². The Morgan fingerprint density at radius 3 is 2.69 bits per heavy atom. The van der Waals surface area contributed by atoms with E-state index in [1.165, 1.54) is 4.90 Å². The first-order chi connectivity index (χ1) is 12.6. The molecule has 0 saturated heterocycles. The average Bonchev–Trinajstić information content (AvgIpc) is 3.23. The summed E-state index contributed by atoms with van der Waals surface area (Å²) < 4.78 is 15.8. The molecule has 0 atom stereocenters. The molecule has 7 heteroatoms. The van der Waals surface area contributed by atoms with E-state index >= 15 is 0 Å². The molecule has 0 fully saturated rings. The number of nitrogens with zero attached hydrogens (tertiary/aromatic N) is 2. The van der Waals surface area contributed by atoms with Crippen LogP contribution >= 0.6 is 0 Å². The molecule has 2 aromatic rings. The lowest BCUT2D eigenvalue weighted by Crippen LogP contribution is -2.32. The number of nitrogens with one attached hydrogen (secondary N) is 1. The molecule has 4 rings (SSSR count). The number of carbonyl (C=O) groups excluding carboxylic acids is 1. The summed E-state index contributed by atoms with van der Waals surface area (Å²) in [5.41, 5.74) is 1.98. The fraction of sp³-hybridized carbons (Fsp3) is 0.158. The second-order valence-corrected chi connectivity index (χ2v) is 5.80. The van der Waals surface area contributed by atoms with Gasteiger partial charge in [0, 0.05) is 12.7 Å². The highest BCUT2D eigenvalue weighted by molar-refractivity contribution is 6.17. The monoisotopic (exact) mass is 351 g/mol. The van der Waals surface area contributed by atoms with Crippen molar-refractivity contribution >= 4 is 23.6 Å². The van der Waals surface area contributed by atoms with Gasteiger partial charge in [-0.15, -0.1) is 0 Å². The number of methoxy groups -OCH3 is 1. The van der Waals surface area contributed by atoms with Gasteiger partial charge in [-0.1, -0.05) is 6.07 Å². The third-order valence-corrected chi connectivity index (χ3v) is 4.11. The fourth-order valence-electron chi connectivity index (χ4n) is 2.67. The summed E-state index contributed by atoms with van der Waals surface area (Å²) in [5, 5.41) is 3.14. The number of guanidine groups is 1. The van der Waals surface area contributed by atoms with Crippen molar-refractivity contribution in [2.45, 2.75) is 0 Å². The largest absolute Gasteiger partial charge is 0.497 e. The van der Waals surface area contributed by atoms with E-state index in [0.29, 0.717) is 23.2 Å². The minimum atomic E-state index is -0.182. The van der Waals surface area contributed by atoms with Gasteiger partial charge >= 0.3 is 0 Å². The molecule has 1 N–H and O–H groups in total. The molecule has 0 aromatic heterocycles. The molecule has 132 valence electrons. The molecule has 2 aliphatic heterocycles. The second kappa shape index (κ2) is 6.44. The van der Waals surface area contributed by atoms with Crippen molar-refractivity contribution in [2.24, 2.45) is 4.99 Å². The van der Waals surface area contributed by atoms with Crippen LogP contribution in [0.1, 0.15) is 5.56 Å². The summed E-state index contributed by atoms with van der Waals surface area (Å²) in [7, 11) is 3.29. The van der Waals surface area contributed by atoms with Gasteiger partial charge in [0.2, 0.25) is 12.8 Å². The van der Waals surface area contributed by atoms with E-state index in [9.17, 15) is 4.79 Å². The molecule has 0 aliphatic carbocycles. The minimum Gasteiger partial charge on any atom is -0.497 e. The first-order valence-corrected chi connectivity index (χ1v) is 8.03. The van der Waals surface area contributed by atoms with E-state index in [1.54, 1.807) is 20.2 Å². The lowest BCUT2D eigenvalue weighted by atomic mass is 10.1. The molecule has 1 amide bonds. The normalized spacial score (nSPS) is 16.8. The number of hydrogen-bond acceptors (Lipinski definition) is 6. The molecule has 26 heavy (non-hydrogen) atoms. The third kappa shape index (κ3) is 2.95. The summed E-state index contributed by atoms with van der Waals surface area (Å²) in [5.74, 6) is 2.41. The summed E-state index contributed by atoms with van der Waals surface area (Å²) >= 11 is 0. The highest BCUT2D eigenvalue weighted by Gasteiger charge is 2.27. The van der Waals surface area contributed by atoms with E-state index in [4.69, 9.17) is 14.2 Å². The minimum absolute atomic E-state index is 0.182. The molecular weight excluding hydrogens is 334 g/mol. The molecule has 2 heterocycles. The maximum Gasteiger partial charge on any atom is 0.279 e. The van der Waals surface area contributed by atoms with Crippen molar-refractivity contribution < 1.29 is 19.0 Å². The Hall–Kier alpha value is -3.48. The maximum atomic E-state index is 12.5. The van der Waals surface area contributed by atoms with Crippen LogP contribution in [-0.2, 0) is 4.79 Å². The van der Waals surface area contributed by atoms with Gasteiger partial charge in [-0.2, -0.15) is 0 Å². The number of amides is 1. The number of likely N-dealkylation sites (N-methyl/N-ethyl adjacent to an activating group) is 1. The predicted octanol–water partition coefficient (Wildman–Crippen LogP) is 2.70. The first-order valence-electron chi connectivity index (χ1n) is 8.03. The Kier molecular flexibility index (Phi) is 3.96. The fourth-order valence-corrected chi connectivity index (χ4v) is 2.67. The Morgan fingerprint density at radius 1 is 1.15 bits per heavy atom. The summed E-state index contributed by atoms with van der Waals surface area (Å²) in [6, 6.07) is 12.9. The van der Waals surface area contributed by atoms with E-state index in [-0.39, 0.29) is 12.7 Å². The number of fused-ring (bicyclic) bond motifs is 1. The first kappa shape index (κ1) is 16.0. The summed E-state index contributed by atoms with van der Waals surface area (Å²) in [6.45, 7) is 0.213. The SMILES string of the molecule is COc1ccc(NC2=N/C(=C/c3ccc4c(c3)OCO4)C(=O)N2C)cc1. The number of ether oxygens (including phenoxy) is 3. The van der Waals surface area contributed by atoms with Crippen molar-refractivity contribution in [2.75, 3.05) is 26.3 Å². The Morgan fingerprint density at radius 2 is 1.92 bits per heavy atom. The van der Waals surface area contributed by atoms with Gasteiger partial charge in [-0.3, -0.25) is 9.69 Å². The van der Waals surface area contributed by atoms with Gasteiger partial charge in [-0.25, -0.2) is 4.99 Å². The Bertz CT molecular complexity index is 919. The molecule has 0 spiro atoms. The highest BCUT2D eigenvalue weighted by atomic mass is 16.7. The molecule has 0 radical (unpaired) electrons. The summed E-state index contributed by atoms with van der Waals surface area (Å²) in [4.78, 5) is 18.4. The Labute approximate surface area is 150 Å². The molecule has 0 bridgehead atoms. The van der Waals surface area contributed by atoms with Gasteiger partial charge in [0.15, 0.2) is 11.5 Å². The smallest absolute Gasteiger partial charge is 0.279 e. The van der Waals surface area contributed by atoms with Gasteiger partial charge < -0.3 is 19.5 Å². The zero-order valence-corrected chi connectivity index (χ0v) is 14.4. The van der Waals surface area contributed by atoms with Crippen LogP contribution in [0.25, 0.3) is 6.08 Å². The number of benzene rings is 2. The van der Waals surface area contributed by atoms with Gasteiger partial charge in [-0.05, 0) is 48.0 Å². The van der Waals surface area contributed by atoms with Crippen molar-refractivity contribution in [1.82, 2.24) is 4.90 Å². The van der Waals surface area contributed by atoms with Gasteiger partial charge in [0.05, 0.1) is 7.11 Å². The lowest BCUT2D eigenvalue weighted by Gasteiger charge is -2.13. The molecule has 2 aliphatic rings. The van der Waals surface area contributed by atoms with Crippen LogP contribution in [-0.4, -0.2) is 37.7 Å². The van der Waals surface area contributed by atoms with Crippen LogP contribution < -0.4 is 19.5 Å². The molecule has 0 saturated carbocycles. The quantitative estimate of drug-likeness (QED) is 0.861. The zero-order chi connectivity index (χ0) is 18.1. The highest BCUT2D eigenvalue weighted by Crippen LogP contribution is 2.33. The van der Waals surface area contributed by atoms with Crippen LogP contribution in [0.5, 0.6) is 17.2 Å². The molecule has 0 unspecified atom stereocenters. The molecule has 7 nitrogen and oxygen atoms in total. The van der Waals surface area contributed by atoms with Crippen LogP contribution in [0.2, 0.25) is 0 Å². The standard InChI is InChI=1S/C19H17N3O4/c1-22-18(23)15(9-12-3-8-16-17(10-12)26-11-25-16)21-19(22)20-13-4-6-14(24-2)7-5-13/h3-10H,11H2,1-2H3,(H,20,21)/b15-9+. The summed E-state index contributed by atoms with van der Waals surface area (Å²) in [6.07, 6.45) is 1.73. The Balaban J connectivity index is 1.57. The van der Waals surface area contributed by atoms with Crippen molar-refractivity contribution in [3.8, 4) is 17.2 Å². The maximum absolute atomic E-state index is 12.5. The average molecular weight is 351 g/mol. The number of rotatable bonds is 3. The van der Waals surface area contributed by atoms with E-state index < -0.39 is 0 Å². The van der Waals surface area contributed by atoms with Crippen LogP contribution in [0.15, 0.2) is 53.2 Å². The number of anilines is 1.